The van der Waals surface area contributed by atoms with E-state index in [4.69, 9.17) is 4.74 Å². The molecular formula is C28H28F4N6O3S. The molecule has 1 saturated heterocycles. The van der Waals surface area contributed by atoms with Gasteiger partial charge in [-0.15, -0.1) is 11.8 Å². The fraction of sp³-hybridized carbons (Fsp3) is 0.393. The molecule has 1 amide bonds. The number of carbonyl (C=O) groups is 1. The smallest absolute Gasteiger partial charge is 0.383 e. The Bertz CT molecular complexity index is 1620. The molecule has 3 aliphatic rings. The van der Waals surface area contributed by atoms with Crippen molar-refractivity contribution in [2.24, 2.45) is 12.0 Å². The molecule has 6 rings (SSSR count). The Morgan fingerprint density at radius 3 is 2.64 bits per heavy atom. The number of halogens is 4. The summed E-state index contributed by atoms with van der Waals surface area (Å²) in [4.78, 5) is 21.9. The number of piperazine rings is 1. The van der Waals surface area contributed by atoms with Gasteiger partial charge in [-0.2, -0.15) is 18.3 Å². The number of aliphatic imine (C=N–C) groups is 1. The summed E-state index contributed by atoms with van der Waals surface area (Å²) in [6.45, 7) is 5.01. The summed E-state index contributed by atoms with van der Waals surface area (Å²) >= 11 is 1.24. The van der Waals surface area contributed by atoms with Crippen LogP contribution in [0.25, 0.3) is 22.0 Å². The topological polar surface area (TPSA) is 86.4 Å². The number of rotatable bonds is 4. The lowest BCUT2D eigenvalue weighted by molar-refractivity contribution is -0.137. The van der Waals surface area contributed by atoms with Gasteiger partial charge in [0.2, 0.25) is 12.3 Å². The lowest BCUT2D eigenvalue weighted by Gasteiger charge is -2.46. The number of nitrogens with zero attached hydrogens (tertiary/aromatic N) is 6. The molecule has 42 heavy (non-hydrogen) atoms. The Balaban J connectivity index is 1.59. The van der Waals surface area contributed by atoms with E-state index in [0.29, 0.717) is 42.5 Å². The third kappa shape index (κ3) is 4.52. The van der Waals surface area contributed by atoms with Gasteiger partial charge >= 0.3 is 6.18 Å². The molecule has 2 unspecified atom stereocenters. The standard InChI is InChI=1S/C28H28F4N6O3S/c1-4-21(39)36-7-9-37(10-8-36)26-17-11-19(28(30,31)32)22(16-5-6-20(29)18-12-33-35(2)23(16)18)25-24(17)38(27(40)34-26)15(13-41-3)14-42-25/h4-6,11-12,15,27,40H,1,7-10,13-14H2,2-3H3. The minimum Gasteiger partial charge on any atom is -0.383 e. The molecular weight excluding hydrogens is 576 g/mol. The second-order valence-corrected chi connectivity index (χ2v) is 11.3. The summed E-state index contributed by atoms with van der Waals surface area (Å²) in [5, 5.41) is 15.6. The Morgan fingerprint density at radius 2 is 1.98 bits per heavy atom. The second-order valence-electron chi connectivity index (χ2n) is 10.3. The number of methoxy groups -OCH3 is 1. The largest absolute Gasteiger partial charge is 0.417 e. The van der Waals surface area contributed by atoms with E-state index in [1.54, 1.807) is 21.7 Å². The zero-order valence-electron chi connectivity index (χ0n) is 22.9. The first-order chi connectivity index (χ1) is 20.0. The summed E-state index contributed by atoms with van der Waals surface area (Å²) in [5.41, 5.74) is 0.0631. The molecule has 0 aliphatic carbocycles. The Kier molecular flexibility index (Phi) is 7.18. The number of thioether (sulfide) groups is 1. The molecule has 0 bridgehead atoms. The van der Waals surface area contributed by atoms with Gasteiger partial charge in [0.15, 0.2) is 0 Å². The van der Waals surface area contributed by atoms with Crippen LogP contribution in [0.15, 0.2) is 46.9 Å². The average molecular weight is 605 g/mol. The van der Waals surface area contributed by atoms with Gasteiger partial charge in [0.05, 0.1) is 41.0 Å². The highest BCUT2D eigenvalue weighted by atomic mass is 32.2. The molecule has 1 aromatic heterocycles. The van der Waals surface area contributed by atoms with Crippen LogP contribution in [0.2, 0.25) is 0 Å². The summed E-state index contributed by atoms with van der Waals surface area (Å²) in [6.07, 6.45) is -3.63. The van der Waals surface area contributed by atoms with E-state index in [0.717, 1.165) is 12.1 Å². The van der Waals surface area contributed by atoms with Crippen LogP contribution < -0.4 is 4.90 Å². The average Bonchev–Trinajstić information content (AvgIpc) is 3.37. The number of ether oxygens (including phenoxy) is 1. The number of hydrogen-bond donors (Lipinski definition) is 1. The number of aromatic nitrogens is 2. The molecule has 2 atom stereocenters. The minimum atomic E-state index is -4.77. The van der Waals surface area contributed by atoms with Crippen molar-refractivity contribution >= 4 is 40.1 Å². The van der Waals surface area contributed by atoms with Crippen LogP contribution in [0, 0.1) is 5.82 Å². The van der Waals surface area contributed by atoms with E-state index in [-0.39, 0.29) is 52.0 Å². The van der Waals surface area contributed by atoms with Crippen LogP contribution >= 0.6 is 11.8 Å². The number of aliphatic hydroxyl groups excluding tert-OH is 1. The Morgan fingerprint density at radius 1 is 1.24 bits per heavy atom. The van der Waals surface area contributed by atoms with Gasteiger partial charge in [-0.05, 0) is 24.3 Å². The Hall–Kier alpha value is -3.62. The normalized spacial score (nSPS) is 20.5. The van der Waals surface area contributed by atoms with Crippen molar-refractivity contribution in [1.29, 1.82) is 0 Å². The highest BCUT2D eigenvalue weighted by Crippen LogP contribution is 2.53. The Labute approximate surface area is 243 Å². The SMILES string of the molecule is C=CC(=O)N1CCN(C2=NC(O)N3c4c2cc(C(F)(F)F)c(-c2ccc(F)c5cnn(C)c25)c4SCC3COC)CC1. The number of amides is 1. The third-order valence-corrected chi connectivity index (χ3v) is 9.14. The maximum Gasteiger partial charge on any atom is 0.417 e. The summed E-state index contributed by atoms with van der Waals surface area (Å²) in [5.74, 6) is -0.266. The molecule has 14 heteroatoms. The van der Waals surface area contributed by atoms with Crippen LogP contribution in [0.3, 0.4) is 0 Å². The number of hydrogen-bond acceptors (Lipinski definition) is 8. The van der Waals surface area contributed by atoms with Crippen molar-refractivity contribution in [3.8, 4) is 11.1 Å². The van der Waals surface area contributed by atoms with E-state index in [9.17, 15) is 27.5 Å². The van der Waals surface area contributed by atoms with E-state index in [1.165, 1.54) is 41.9 Å². The molecule has 1 N–H and O–H groups in total. The van der Waals surface area contributed by atoms with Crippen molar-refractivity contribution in [3.63, 3.8) is 0 Å². The van der Waals surface area contributed by atoms with Gasteiger partial charge in [-0.1, -0.05) is 6.58 Å². The van der Waals surface area contributed by atoms with Gasteiger partial charge in [0.25, 0.3) is 0 Å². The molecule has 0 radical (unpaired) electrons. The highest BCUT2D eigenvalue weighted by molar-refractivity contribution is 7.99. The van der Waals surface area contributed by atoms with Crippen molar-refractivity contribution in [2.75, 3.05) is 50.5 Å². The van der Waals surface area contributed by atoms with Crippen LogP contribution in [0.4, 0.5) is 23.2 Å². The van der Waals surface area contributed by atoms with Gasteiger partial charge in [0.1, 0.15) is 11.7 Å². The molecule has 3 aromatic rings. The lowest BCUT2D eigenvalue weighted by Crippen LogP contribution is -2.55. The predicted octanol–water partition coefficient (Wildman–Crippen LogP) is 3.69. The van der Waals surface area contributed by atoms with E-state index in [1.807, 2.05) is 0 Å². The van der Waals surface area contributed by atoms with Gasteiger partial charge in [-0.25, -0.2) is 9.38 Å². The zero-order chi connectivity index (χ0) is 29.9. The number of fused-ring (bicyclic) bond motifs is 1. The first kappa shape index (κ1) is 28.5. The summed E-state index contributed by atoms with van der Waals surface area (Å²) < 4.78 is 66.4. The lowest BCUT2D eigenvalue weighted by atomic mass is 9.91. The number of benzene rings is 2. The van der Waals surface area contributed by atoms with E-state index >= 15 is 0 Å². The third-order valence-electron chi connectivity index (χ3n) is 7.90. The number of carbonyl (C=O) groups excluding carboxylic acids is 1. The predicted molar refractivity (Wildman–Crippen MR) is 151 cm³/mol. The van der Waals surface area contributed by atoms with Crippen LogP contribution in [-0.4, -0.2) is 94.5 Å². The molecule has 222 valence electrons. The van der Waals surface area contributed by atoms with Crippen molar-refractivity contribution in [1.82, 2.24) is 19.6 Å². The monoisotopic (exact) mass is 604 g/mol. The first-order valence-electron chi connectivity index (χ1n) is 13.3. The quantitative estimate of drug-likeness (QED) is 0.359. The second kappa shape index (κ2) is 10.6. The number of aliphatic hydroxyl groups is 1. The molecule has 0 saturated carbocycles. The summed E-state index contributed by atoms with van der Waals surface area (Å²) in [6, 6.07) is 3.21. The van der Waals surface area contributed by atoms with E-state index < -0.39 is 23.9 Å². The minimum absolute atomic E-state index is 0.101. The van der Waals surface area contributed by atoms with Crippen LogP contribution in [-0.2, 0) is 22.8 Å². The molecule has 0 spiro atoms. The maximum atomic E-state index is 15.0. The summed E-state index contributed by atoms with van der Waals surface area (Å²) in [7, 11) is 3.08. The van der Waals surface area contributed by atoms with E-state index in [2.05, 4.69) is 16.7 Å². The van der Waals surface area contributed by atoms with Crippen LogP contribution in [0.1, 0.15) is 11.1 Å². The zero-order valence-corrected chi connectivity index (χ0v) is 23.7. The number of aryl methyl sites for hydroxylation is 1. The fourth-order valence-electron chi connectivity index (χ4n) is 5.99. The van der Waals surface area contributed by atoms with Gasteiger partial charge in [-0.3, -0.25) is 9.48 Å². The highest BCUT2D eigenvalue weighted by Gasteiger charge is 2.45. The van der Waals surface area contributed by atoms with Gasteiger partial charge in [0, 0.05) is 67.7 Å². The van der Waals surface area contributed by atoms with Gasteiger partial charge < -0.3 is 24.5 Å². The molecule has 1 fully saturated rings. The van der Waals surface area contributed by atoms with Crippen LogP contribution in [0.5, 0.6) is 0 Å². The van der Waals surface area contributed by atoms with Crippen molar-refractivity contribution in [2.45, 2.75) is 23.5 Å². The fourth-order valence-corrected chi connectivity index (χ4v) is 7.33. The first-order valence-corrected chi connectivity index (χ1v) is 14.2. The molecule has 9 nitrogen and oxygen atoms in total. The number of alkyl halides is 3. The van der Waals surface area contributed by atoms with Crippen molar-refractivity contribution in [3.05, 3.63) is 54.0 Å². The molecule has 3 aliphatic heterocycles. The molecule has 4 heterocycles. The molecule has 2 aromatic carbocycles. The maximum absolute atomic E-state index is 15.0. The number of amidine groups is 1. The number of anilines is 1. The van der Waals surface area contributed by atoms with Crippen molar-refractivity contribution < 1.29 is 32.2 Å².